The van der Waals surface area contributed by atoms with Crippen LogP contribution in [-0.4, -0.2) is 75.5 Å². The average molecular weight is 848 g/mol. The van der Waals surface area contributed by atoms with Crippen molar-refractivity contribution in [2.75, 3.05) is 20.8 Å². The number of hydrogen-bond acceptors (Lipinski definition) is 8. The maximum atomic E-state index is 14.0. The number of fused-ring (bicyclic) bond motifs is 1. The van der Waals surface area contributed by atoms with E-state index in [1.165, 1.54) is 14.2 Å². The smallest absolute Gasteiger partial charge is 0.407 e. The molecule has 1 spiro atoms. The summed E-state index contributed by atoms with van der Waals surface area (Å²) in [6, 6.07) is 28.8. The number of amides is 3. The van der Waals surface area contributed by atoms with Gasteiger partial charge in [-0.2, -0.15) is 0 Å². The van der Waals surface area contributed by atoms with Crippen LogP contribution in [0, 0.1) is 17.3 Å². The lowest BCUT2D eigenvalue weighted by Gasteiger charge is -2.30. The van der Waals surface area contributed by atoms with Gasteiger partial charge in [-0.1, -0.05) is 99.1 Å². The first-order chi connectivity index (χ1) is 30.5. The van der Waals surface area contributed by atoms with Gasteiger partial charge in [0.1, 0.15) is 23.7 Å². The summed E-state index contributed by atoms with van der Waals surface area (Å²) in [5.74, 6) is 0.886. The molecule has 3 fully saturated rings. The zero-order chi connectivity index (χ0) is 43.8. The predicted octanol–water partition coefficient (Wildman–Crippen LogP) is 9.27. The zero-order valence-corrected chi connectivity index (χ0v) is 36.0. The lowest BCUT2D eigenvalue weighted by atomic mass is 9.85. The van der Waals surface area contributed by atoms with E-state index in [1.807, 2.05) is 61.5 Å². The van der Waals surface area contributed by atoms with Crippen LogP contribution in [0.2, 0.25) is 0 Å². The van der Waals surface area contributed by atoms with Gasteiger partial charge in [-0.15, -0.1) is 0 Å². The van der Waals surface area contributed by atoms with Gasteiger partial charge in [0.2, 0.25) is 5.91 Å². The van der Waals surface area contributed by atoms with Crippen LogP contribution in [0.4, 0.5) is 9.59 Å². The number of imidazole rings is 2. The molecule has 1 aliphatic heterocycles. The largest absolute Gasteiger partial charge is 0.453 e. The van der Waals surface area contributed by atoms with Crippen molar-refractivity contribution >= 4 is 34.6 Å². The Bertz CT molecular complexity index is 2650. The van der Waals surface area contributed by atoms with E-state index in [-0.39, 0.29) is 40.9 Å². The number of Topliss-reactive ketones (excluding diaryl/α,β-unsaturated/α-hetero) is 1. The average Bonchev–Trinajstić information content (AvgIpc) is 3.85. The maximum Gasteiger partial charge on any atom is 0.407 e. The Balaban J connectivity index is 0.882. The number of ether oxygens (including phenoxy) is 2. The van der Waals surface area contributed by atoms with E-state index in [0.717, 1.165) is 100 Å². The molecule has 13 nitrogen and oxygen atoms in total. The molecule has 2 saturated carbocycles. The van der Waals surface area contributed by atoms with E-state index in [0.29, 0.717) is 6.54 Å². The number of carbonyl (C=O) groups is 4. The molecular formula is C50H53N7O6. The molecule has 3 heterocycles. The molecule has 1 unspecified atom stereocenters. The molecule has 9 rings (SSSR count). The summed E-state index contributed by atoms with van der Waals surface area (Å²) >= 11 is 0. The Morgan fingerprint density at radius 3 is 2.02 bits per heavy atom. The van der Waals surface area contributed by atoms with Gasteiger partial charge in [0, 0.05) is 23.9 Å². The number of aromatic nitrogens is 4. The van der Waals surface area contributed by atoms with Crippen LogP contribution in [-0.2, 0) is 19.1 Å². The van der Waals surface area contributed by atoms with Gasteiger partial charge in [0.15, 0.2) is 5.78 Å². The molecule has 5 atom stereocenters. The third-order valence-electron chi connectivity index (χ3n) is 13.4. The number of alkyl carbamates (subject to hydrolysis) is 2. The van der Waals surface area contributed by atoms with Gasteiger partial charge in [0.25, 0.3) is 0 Å². The van der Waals surface area contributed by atoms with Crippen molar-refractivity contribution in [3.8, 4) is 33.6 Å². The Labute approximate surface area is 366 Å². The van der Waals surface area contributed by atoms with Crippen molar-refractivity contribution in [3.63, 3.8) is 0 Å². The Kier molecular flexibility index (Phi) is 11.3. The highest BCUT2D eigenvalue weighted by Gasteiger charge is 2.55. The molecule has 4 aromatic carbocycles. The zero-order valence-electron chi connectivity index (χ0n) is 36.0. The molecule has 0 bridgehead atoms. The number of carbonyl (C=O) groups excluding carboxylic acids is 4. The molecule has 324 valence electrons. The monoisotopic (exact) mass is 847 g/mol. The molecule has 4 N–H and O–H groups in total. The number of nitrogens with one attached hydrogen (secondary N) is 4. The van der Waals surface area contributed by atoms with Gasteiger partial charge in [-0.25, -0.2) is 19.6 Å². The number of H-pyrrole nitrogens is 2. The van der Waals surface area contributed by atoms with E-state index in [4.69, 9.17) is 19.4 Å². The number of nitrogens with zero attached hydrogens (tertiary/aromatic N) is 3. The number of rotatable bonds is 12. The lowest BCUT2D eigenvalue weighted by molar-refractivity contribution is -0.135. The topological polar surface area (TPSA) is 171 Å². The first-order valence-electron chi connectivity index (χ1n) is 21.9. The summed E-state index contributed by atoms with van der Waals surface area (Å²) in [6.45, 7) is 4.51. The lowest BCUT2D eigenvalue weighted by Crippen LogP contribution is -2.51. The number of likely N-dealkylation sites (tertiary alicyclic amines) is 1. The molecular weight excluding hydrogens is 795 g/mol. The fourth-order valence-corrected chi connectivity index (χ4v) is 9.69. The van der Waals surface area contributed by atoms with E-state index in [9.17, 15) is 19.2 Å². The highest BCUT2D eigenvalue weighted by atomic mass is 16.5. The third kappa shape index (κ3) is 8.44. The van der Waals surface area contributed by atoms with Crippen molar-refractivity contribution in [2.24, 2.45) is 17.3 Å². The Morgan fingerprint density at radius 1 is 0.730 bits per heavy atom. The molecule has 2 aliphatic carbocycles. The third-order valence-corrected chi connectivity index (χ3v) is 13.4. The first kappa shape index (κ1) is 41.6. The minimum absolute atomic E-state index is 0.0428. The fourth-order valence-electron chi connectivity index (χ4n) is 9.69. The van der Waals surface area contributed by atoms with Crippen LogP contribution in [0.3, 0.4) is 0 Å². The van der Waals surface area contributed by atoms with Crippen molar-refractivity contribution in [3.05, 3.63) is 121 Å². The number of methoxy groups -OCH3 is 2. The fraction of sp³-hybridized carbons (Fsp3) is 0.360. The molecule has 13 heteroatoms. The van der Waals surface area contributed by atoms with Crippen molar-refractivity contribution in [1.82, 2.24) is 35.5 Å². The molecule has 3 aliphatic rings. The SMILES string of the molecule is COC(=O)N[C@H](C(=O)N1CC2(CC2)C[C@H]1c1ncc(-c2ccc(-c3ccc4cc(-c5cnc([C@@H]6CCCC6C(=O)[C@H](NC(=O)OC)c6ccccc6)[nH]5)ccc4c3)cc2)[nH]1)C(C)C. The molecule has 6 aromatic rings. The summed E-state index contributed by atoms with van der Waals surface area (Å²) < 4.78 is 9.68. The van der Waals surface area contributed by atoms with Crippen molar-refractivity contribution in [2.45, 2.75) is 76.4 Å². The van der Waals surface area contributed by atoms with E-state index in [1.54, 1.807) is 0 Å². The number of ketones is 1. The second-order valence-corrected chi connectivity index (χ2v) is 17.8. The minimum atomic E-state index is -0.807. The Hall–Kier alpha value is -6.76. The normalized spacial score (nSPS) is 19.8. The standard InChI is InChI=1S/C50H53N7O6/c1-29(2)42(55-48(60)62-3)47(59)57-28-50(21-22-50)25-41(57)46-52-26-39(54-46)31-15-13-30(14-16-31)33-17-18-35-24-36(20-19-34(35)23-33)40-27-51-45(53-40)38-12-8-11-37(38)44(58)43(56-49(61)63-4)32-9-6-5-7-10-32/h5-7,9-10,13-20,23-24,26-27,29,37-38,41-43H,8,11-12,21-22,25,28H2,1-4H3,(H,51,53)(H,52,54)(H,55,60)(H,56,61)/t37?,38-,41+,42+,43-/m1/s1. The van der Waals surface area contributed by atoms with Crippen molar-refractivity contribution < 1.29 is 28.7 Å². The minimum Gasteiger partial charge on any atom is -0.453 e. The molecule has 2 aromatic heterocycles. The summed E-state index contributed by atoms with van der Waals surface area (Å²) in [5, 5.41) is 7.71. The van der Waals surface area contributed by atoms with Crippen molar-refractivity contribution in [1.29, 1.82) is 0 Å². The maximum absolute atomic E-state index is 14.0. The highest BCUT2D eigenvalue weighted by molar-refractivity contribution is 5.92. The first-order valence-corrected chi connectivity index (χ1v) is 21.9. The number of benzene rings is 4. The van der Waals surface area contributed by atoms with Gasteiger partial charge in [-0.3, -0.25) is 9.59 Å². The van der Waals surface area contributed by atoms with Gasteiger partial charge >= 0.3 is 12.2 Å². The van der Waals surface area contributed by atoms with E-state index in [2.05, 4.69) is 81.3 Å². The van der Waals surface area contributed by atoms with Gasteiger partial charge in [0.05, 0.1) is 44.0 Å². The predicted molar refractivity (Wildman–Crippen MR) is 239 cm³/mol. The second-order valence-electron chi connectivity index (χ2n) is 17.8. The Morgan fingerprint density at radius 2 is 1.33 bits per heavy atom. The van der Waals surface area contributed by atoms with Crippen LogP contribution in [0.25, 0.3) is 44.4 Å². The van der Waals surface area contributed by atoms with Gasteiger partial charge < -0.3 is 35.0 Å². The summed E-state index contributed by atoms with van der Waals surface area (Å²) in [5.41, 5.74) is 6.78. The van der Waals surface area contributed by atoms with E-state index < -0.39 is 24.3 Å². The quantitative estimate of drug-likeness (QED) is 0.0944. The second kappa shape index (κ2) is 17.2. The van der Waals surface area contributed by atoms with E-state index >= 15 is 0 Å². The molecule has 1 saturated heterocycles. The summed E-state index contributed by atoms with van der Waals surface area (Å²) in [4.78, 5) is 70.9. The number of hydrogen-bond donors (Lipinski definition) is 4. The molecule has 3 amide bonds. The number of aromatic amines is 2. The highest BCUT2D eigenvalue weighted by Crippen LogP contribution is 2.58. The van der Waals surface area contributed by atoms with Crippen LogP contribution in [0.1, 0.15) is 87.6 Å². The molecule has 0 radical (unpaired) electrons. The molecule has 63 heavy (non-hydrogen) atoms. The van der Waals surface area contributed by atoms with Crippen LogP contribution >= 0.6 is 0 Å². The van der Waals surface area contributed by atoms with Crippen LogP contribution < -0.4 is 10.6 Å². The van der Waals surface area contributed by atoms with Gasteiger partial charge in [-0.05, 0) is 88.6 Å². The van der Waals surface area contributed by atoms with Crippen LogP contribution in [0.15, 0.2) is 103 Å². The summed E-state index contributed by atoms with van der Waals surface area (Å²) in [7, 11) is 2.60. The van der Waals surface area contributed by atoms with Crippen LogP contribution in [0.5, 0.6) is 0 Å². The summed E-state index contributed by atoms with van der Waals surface area (Å²) in [6.07, 6.45) is 7.89.